The first-order valence-corrected chi connectivity index (χ1v) is 23.5. The zero-order valence-electron chi connectivity index (χ0n) is 37.6. The van der Waals surface area contributed by atoms with Gasteiger partial charge in [0.25, 0.3) is 0 Å². The van der Waals surface area contributed by atoms with Gasteiger partial charge in [0.1, 0.15) is 11.2 Å². The molecule has 13 aromatic rings. The smallest absolute Gasteiger partial charge is 0.160 e. The van der Waals surface area contributed by atoms with E-state index < -0.39 is 0 Å². The number of benzene rings is 11. The summed E-state index contributed by atoms with van der Waals surface area (Å²) in [6.45, 7) is 0. The van der Waals surface area contributed by atoms with Crippen LogP contribution in [0.15, 0.2) is 259 Å². The molecule has 13 rings (SSSR count). The summed E-state index contributed by atoms with van der Waals surface area (Å²) in [5, 5.41) is 6.64. The molecule has 0 N–H and O–H groups in total. The van der Waals surface area contributed by atoms with Crippen LogP contribution in [-0.4, -0.2) is 9.97 Å². The number of nitrogens with zero attached hydrogens (tertiary/aromatic N) is 2. The highest BCUT2D eigenvalue weighted by molar-refractivity contribution is 6.25. The van der Waals surface area contributed by atoms with Crippen molar-refractivity contribution in [2.45, 2.75) is 0 Å². The summed E-state index contributed by atoms with van der Waals surface area (Å²) in [7, 11) is 0. The Morgan fingerprint density at radius 2 is 0.710 bits per heavy atom. The fourth-order valence-corrected chi connectivity index (χ4v) is 10.0. The molecular formula is C66H42N2O. The Hall–Kier alpha value is -9.18. The number of furan rings is 1. The molecule has 11 aromatic carbocycles. The first-order chi connectivity index (χ1) is 34.2. The lowest BCUT2D eigenvalue weighted by atomic mass is 9.92. The number of hydrogen-bond acceptors (Lipinski definition) is 3. The van der Waals surface area contributed by atoms with Gasteiger partial charge in [-0.25, -0.2) is 9.97 Å². The standard InChI is InChI=1S/C66H42N2O/c1-4-16-43(17-5-1)49-23-14-25-51(36-49)55-39-53(45-20-8-3-9-21-45)38-54(40-55)46-30-32-48(33-31-46)66-67-61(52-26-15-24-50(37-52)44-18-6-2-7-19-44)42-62(68-66)59-41-60-64-56-27-11-10-22-47(56)34-35-63(64)69-65(60)58-29-13-12-28-57(58)59/h1-42H. The molecule has 0 spiro atoms. The molecule has 69 heavy (non-hydrogen) atoms. The minimum atomic E-state index is 0.655. The fraction of sp³-hybridized carbons (Fsp3) is 0. The predicted molar refractivity (Wildman–Crippen MR) is 288 cm³/mol. The molecule has 0 saturated carbocycles. The predicted octanol–water partition coefficient (Wildman–Crippen LogP) is 18.0. The lowest BCUT2D eigenvalue weighted by Gasteiger charge is -2.14. The Bertz CT molecular complexity index is 4040. The van der Waals surface area contributed by atoms with Gasteiger partial charge in [0.2, 0.25) is 0 Å². The van der Waals surface area contributed by atoms with Gasteiger partial charge in [0.05, 0.1) is 11.4 Å². The van der Waals surface area contributed by atoms with Gasteiger partial charge in [-0.05, 0) is 120 Å². The van der Waals surface area contributed by atoms with Crippen LogP contribution in [0.3, 0.4) is 0 Å². The topological polar surface area (TPSA) is 38.9 Å². The van der Waals surface area contributed by atoms with Crippen LogP contribution >= 0.6 is 0 Å². The van der Waals surface area contributed by atoms with Crippen molar-refractivity contribution in [3.8, 4) is 89.5 Å². The van der Waals surface area contributed by atoms with Crippen LogP contribution in [0.2, 0.25) is 0 Å². The average molecular weight is 879 g/mol. The summed E-state index contributed by atoms with van der Waals surface area (Å²) in [6.07, 6.45) is 0. The molecule has 2 heterocycles. The maximum absolute atomic E-state index is 6.71. The zero-order valence-corrected chi connectivity index (χ0v) is 37.6. The molecule has 0 radical (unpaired) electrons. The van der Waals surface area contributed by atoms with E-state index in [2.05, 4.69) is 255 Å². The second kappa shape index (κ2) is 16.9. The lowest BCUT2D eigenvalue weighted by Crippen LogP contribution is -1.97. The number of hydrogen-bond donors (Lipinski definition) is 0. The van der Waals surface area contributed by atoms with Crippen LogP contribution in [0.5, 0.6) is 0 Å². The second-order valence-corrected chi connectivity index (χ2v) is 17.7. The highest BCUT2D eigenvalue weighted by Crippen LogP contribution is 2.43. The number of aromatic nitrogens is 2. The van der Waals surface area contributed by atoms with E-state index in [0.717, 1.165) is 88.6 Å². The lowest BCUT2D eigenvalue weighted by molar-refractivity contribution is 0.673. The molecule has 0 atom stereocenters. The minimum Gasteiger partial charge on any atom is -0.455 e. The Labute approximate surface area is 400 Å². The molecule has 0 aliphatic rings. The van der Waals surface area contributed by atoms with Crippen molar-refractivity contribution in [3.63, 3.8) is 0 Å². The summed E-state index contributed by atoms with van der Waals surface area (Å²) >= 11 is 0. The third kappa shape index (κ3) is 7.43. The van der Waals surface area contributed by atoms with E-state index in [0.29, 0.717) is 5.82 Å². The largest absolute Gasteiger partial charge is 0.455 e. The van der Waals surface area contributed by atoms with E-state index in [1.165, 1.54) is 38.6 Å². The molecule has 0 saturated heterocycles. The third-order valence-corrected chi connectivity index (χ3v) is 13.5. The van der Waals surface area contributed by atoms with Gasteiger partial charge >= 0.3 is 0 Å². The van der Waals surface area contributed by atoms with Gasteiger partial charge in [-0.2, -0.15) is 0 Å². The Morgan fingerprint density at radius 3 is 1.36 bits per heavy atom. The molecule has 0 aliphatic heterocycles. The Balaban J connectivity index is 0.972. The van der Waals surface area contributed by atoms with Crippen molar-refractivity contribution >= 4 is 43.5 Å². The number of rotatable bonds is 8. The molecule has 0 bridgehead atoms. The quantitative estimate of drug-likeness (QED) is 0.153. The first kappa shape index (κ1) is 40.1. The van der Waals surface area contributed by atoms with Crippen LogP contribution in [0.1, 0.15) is 0 Å². The van der Waals surface area contributed by atoms with Crippen molar-refractivity contribution in [1.29, 1.82) is 0 Å². The molecule has 0 aliphatic carbocycles. The summed E-state index contributed by atoms with van der Waals surface area (Å²) in [6, 6.07) is 90.7. The average Bonchev–Trinajstić information content (AvgIpc) is 3.83. The van der Waals surface area contributed by atoms with Crippen molar-refractivity contribution in [2.75, 3.05) is 0 Å². The van der Waals surface area contributed by atoms with Gasteiger partial charge in [-0.3, -0.25) is 0 Å². The molecule has 2 aromatic heterocycles. The van der Waals surface area contributed by atoms with Crippen LogP contribution in [0.4, 0.5) is 0 Å². The van der Waals surface area contributed by atoms with Gasteiger partial charge < -0.3 is 4.42 Å². The SMILES string of the molecule is c1ccc(-c2cccc(-c3cc(-c4ccccc4)cc(-c4ccc(-c5nc(-c6cccc(-c7ccccc7)c6)cc(-c6cc7c(oc8ccc9ccccc9c87)c7ccccc67)n5)cc4)c3)c2)cc1. The minimum absolute atomic E-state index is 0.655. The molecule has 0 fully saturated rings. The van der Waals surface area contributed by atoms with Crippen molar-refractivity contribution in [2.24, 2.45) is 0 Å². The van der Waals surface area contributed by atoms with Crippen molar-refractivity contribution in [3.05, 3.63) is 255 Å². The van der Waals surface area contributed by atoms with Gasteiger partial charge in [-0.1, -0.05) is 206 Å². The highest BCUT2D eigenvalue weighted by atomic mass is 16.3. The van der Waals surface area contributed by atoms with Crippen molar-refractivity contribution in [1.82, 2.24) is 9.97 Å². The van der Waals surface area contributed by atoms with E-state index in [1.54, 1.807) is 0 Å². The fourth-order valence-electron chi connectivity index (χ4n) is 10.0. The highest BCUT2D eigenvalue weighted by Gasteiger charge is 2.20. The molecule has 0 unspecified atom stereocenters. The first-order valence-electron chi connectivity index (χ1n) is 23.5. The van der Waals surface area contributed by atoms with Crippen LogP contribution in [0.25, 0.3) is 133 Å². The molecular weight excluding hydrogens is 837 g/mol. The normalized spacial score (nSPS) is 11.5. The molecule has 322 valence electrons. The third-order valence-electron chi connectivity index (χ3n) is 13.5. The van der Waals surface area contributed by atoms with E-state index in [4.69, 9.17) is 14.4 Å². The van der Waals surface area contributed by atoms with Crippen LogP contribution in [-0.2, 0) is 0 Å². The molecule has 3 heteroatoms. The maximum atomic E-state index is 6.71. The van der Waals surface area contributed by atoms with Crippen LogP contribution in [0, 0.1) is 0 Å². The summed E-state index contributed by atoms with van der Waals surface area (Å²) in [4.78, 5) is 10.8. The summed E-state index contributed by atoms with van der Waals surface area (Å²) in [5.41, 5.74) is 18.0. The van der Waals surface area contributed by atoms with E-state index >= 15 is 0 Å². The van der Waals surface area contributed by atoms with E-state index in [-0.39, 0.29) is 0 Å². The van der Waals surface area contributed by atoms with E-state index in [1.807, 2.05) is 0 Å². The Morgan fingerprint density at radius 1 is 0.261 bits per heavy atom. The zero-order chi connectivity index (χ0) is 45.7. The monoisotopic (exact) mass is 878 g/mol. The maximum Gasteiger partial charge on any atom is 0.160 e. The molecule has 0 amide bonds. The van der Waals surface area contributed by atoms with Crippen molar-refractivity contribution < 1.29 is 4.42 Å². The summed E-state index contributed by atoms with van der Waals surface area (Å²) < 4.78 is 6.71. The molecule has 3 nitrogen and oxygen atoms in total. The van der Waals surface area contributed by atoms with Crippen LogP contribution < -0.4 is 0 Å². The van der Waals surface area contributed by atoms with E-state index in [9.17, 15) is 0 Å². The van der Waals surface area contributed by atoms with Gasteiger partial charge in [0, 0.05) is 32.8 Å². The van der Waals surface area contributed by atoms with Gasteiger partial charge in [-0.15, -0.1) is 0 Å². The van der Waals surface area contributed by atoms with Gasteiger partial charge in [0.15, 0.2) is 5.82 Å². The summed E-state index contributed by atoms with van der Waals surface area (Å²) in [5.74, 6) is 0.655. The Kier molecular flexibility index (Phi) is 9.84. The number of fused-ring (bicyclic) bond motifs is 7. The second-order valence-electron chi connectivity index (χ2n) is 17.7.